The van der Waals surface area contributed by atoms with Gasteiger partial charge in [0.1, 0.15) is 18.2 Å². The average molecular weight is 206 g/mol. The smallest absolute Gasteiger partial charge is 0.189 e. The third kappa shape index (κ3) is 1.60. The lowest BCUT2D eigenvalue weighted by Crippen LogP contribution is -2.39. The molecule has 0 radical (unpaired) electrons. The fourth-order valence-electron chi connectivity index (χ4n) is 2.00. The molecular weight excluding hydrogens is 192 g/mol. The molecule has 0 aromatic rings. The van der Waals surface area contributed by atoms with Crippen LogP contribution in [-0.4, -0.2) is 31.6 Å². The number of ether oxygens (including phenoxy) is 2. The molecule has 0 saturated carbocycles. The molecule has 2 aliphatic heterocycles. The van der Waals surface area contributed by atoms with Gasteiger partial charge in [0.15, 0.2) is 11.9 Å². The van der Waals surface area contributed by atoms with E-state index in [4.69, 9.17) is 9.47 Å². The van der Waals surface area contributed by atoms with E-state index in [0.29, 0.717) is 6.61 Å². The summed E-state index contributed by atoms with van der Waals surface area (Å²) in [7, 11) is 0. The Balaban J connectivity index is 1.76. The van der Waals surface area contributed by atoms with Gasteiger partial charge in [-0.3, -0.25) is 4.99 Å². The molecule has 1 atom stereocenters. The van der Waals surface area contributed by atoms with E-state index < -0.39 is 0 Å². The van der Waals surface area contributed by atoms with E-state index in [1.54, 1.807) is 0 Å². The standard InChI is InChI=1S/C11H14N2O2/c1-2-4-9-8(3-1)14-7-10(15-9)11-12-5-6-13-11/h2,4,10H,1,3,5-7H2,(H,12,13). The Labute approximate surface area is 88.7 Å². The summed E-state index contributed by atoms with van der Waals surface area (Å²) in [5.41, 5.74) is 0. The minimum absolute atomic E-state index is 0.0472. The zero-order chi connectivity index (χ0) is 10.1. The molecule has 15 heavy (non-hydrogen) atoms. The van der Waals surface area contributed by atoms with Crippen LogP contribution in [0, 0.1) is 0 Å². The predicted octanol–water partition coefficient (Wildman–Crippen LogP) is 0.965. The number of hydrogen-bond donors (Lipinski definition) is 1. The van der Waals surface area contributed by atoms with Gasteiger partial charge < -0.3 is 14.8 Å². The van der Waals surface area contributed by atoms with Gasteiger partial charge in [-0.1, -0.05) is 6.08 Å². The largest absolute Gasteiger partial charge is 0.490 e. The molecule has 80 valence electrons. The van der Waals surface area contributed by atoms with Crippen molar-refractivity contribution >= 4 is 5.84 Å². The lowest BCUT2D eigenvalue weighted by molar-refractivity contribution is 0.0317. The molecule has 1 unspecified atom stereocenters. The van der Waals surface area contributed by atoms with Crippen LogP contribution in [0.25, 0.3) is 0 Å². The molecule has 0 spiro atoms. The summed E-state index contributed by atoms with van der Waals surface area (Å²) in [6.45, 7) is 2.34. The van der Waals surface area contributed by atoms with Crippen molar-refractivity contribution in [1.82, 2.24) is 5.32 Å². The van der Waals surface area contributed by atoms with Gasteiger partial charge in [-0.15, -0.1) is 0 Å². The van der Waals surface area contributed by atoms with E-state index in [2.05, 4.69) is 16.4 Å². The molecule has 0 fully saturated rings. The number of rotatable bonds is 1. The van der Waals surface area contributed by atoms with Crippen molar-refractivity contribution in [2.45, 2.75) is 18.9 Å². The normalized spacial score (nSPS) is 28.8. The topological polar surface area (TPSA) is 42.8 Å². The second kappa shape index (κ2) is 3.61. The predicted molar refractivity (Wildman–Crippen MR) is 56.5 cm³/mol. The highest BCUT2D eigenvalue weighted by molar-refractivity contribution is 5.88. The van der Waals surface area contributed by atoms with E-state index in [0.717, 1.165) is 43.3 Å². The third-order valence-corrected chi connectivity index (χ3v) is 2.77. The summed E-state index contributed by atoms with van der Waals surface area (Å²) in [4.78, 5) is 4.35. The number of allylic oxidation sites excluding steroid dienone is 3. The zero-order valence-electron chi connectivity index (χ0n) is 8.53. The van der Waals surface area contributed by atoms with Crippen LogP contribution < -0.4 is 5.32 Å². The molecule has 0 bridgehead atoms. The van der Waals surface area contributed by atoms with Gasteiger partial charge in [-0.25, -0.2) is 0 Å². The van der Waals surface area contributed by atoms with Crippen LogP contribution >= 0.6 is 0 Å². The molecule has 1 N–H and O–H groups in total. The maximum absolute atomic E-state index is 5.85. The van der Waals surface area contributed by atoms with Crippen LogP contribution in [-0.2, 0) is 9.47 Å². The van der Waals surface area contributed by atoms with E-state index in [-0.39, 0.29) is 6.10 Å². The molecule has 4 heteroatoms. The first-order valence-corrected chi connectivity index (χ1v) is 5.41. The van der Waals surface area contributed by atoms with Crippen LogP contribution in [0.3, 0.4) is 0 Å². The van der Waals surface area contributed by atoms with Gasteiger partial charge in [0, 0.05) is 13.0 Å². The third-order valence-electron chi connectivity index (χ3n) is 2.77. The minimum atomic E-state index is -0.0472. The summed E-state index contributed by atoms with van der Waals surface area (Å²) in [5.74, 6) is 2.81. The van der Waals surface area contributed by atoms with Gasteiger partial charge in [-0.2, -0.15) is 0 Å². The van der Waals surface area contributed by atoms with Crippen LogP contribution in [0.4, 0.5) is 0 Å². The Morgan fingerprint density at radius 3 is 3.33 bits per heavy atom. The Kier molecular flexibility index (Phi) is 2.12. The molecule has 0 aromatic carbocycles. The van der Waals surface area contributed by atoms with E-state index in [1.165, 1.54) is 0 Å². The summed E-state index contributed by atoms with van der Waals surface area (Å²) >= 11 is 0. The lowest BCUT2D eigenvalue weighted by Gasteiger charge is -2.29. The van der Waals surface area contributed by atoms with Gasteiger partial charge in [0.05, 0.1) is 6.54 Å². The Morgan fingerprint density at radius 1 is 1.47 bits per heavy atom. The van der Waals surface area contributed by atoms with Gasteiger partial charge in [-0.05, 0) is 12.5 Å². The van der Waals surface area contributed by atoms with Gasteiger partial charge >= 0.3 is 0 Å². The van der Waals surface area contributed by atoms with Gasteiger partial charge in [0.2, 0.25) is 0 Å². The molecule has 3 rings (SSSR count). The number of hydrogen-bond acceptors (Lipinski definition) is 4. The van der Waals surface area contributed by atoms with Crippen LogP contribution in [0.5, 0.6) is 0 Å². The first kappa shape index (κ1) is 8.83. The van der Waals surface area contributed by atoms with Crippen molar-refractivity contribution in [1.29, 1.82) is 0 Å². The van der Waals surface area contributed by atoms with Crippen LogP contribution in [0.2, 0.25) is 0 Å². The molecule has 0 amide bonds. The van der Waals surface area contributed by atoms with E-state index in [1.807, 2.05) is 6.08 Å². The fraction of sp³-hybridized carbons (Fsp3) is 0.545. The van der Waals surface area contributed by atoms with Crippen molar-refractivity contribution in [3.63, 3.8) is 0 Å². The molecular formula is C11H14N2O2. The second-order valence-corrected chi connectivity index (χ2v) is 3.84. The Bertz CT molecular complexity index is 358. The fourth-order valence-corrected chi connectivity index (χ4v) is 2.00. The van der Waals surface area contributed by atoms with Crippen molar-refractivity contribution in [2.24, 2.45) is 4.99 Å². The van der Waals surface area contributed by atoms with Crippen molar-refractivity contribution in [3.05, 3.63) is 23.7 Å². The number of nitrogens with zero attached hydrogens (tertiary/aromatic N) is 1. The first-order valence-electron chi connectivity index (χ1n) is 5.41. The monoisotopic (exact) mass is 206 g/mol. The number of nitrogens with one attached hydrogen (secondary N) is 1. The highest BCUT2D eigenvalue weighted by atomic mass is 16.6. The summed E-state index contributed by atoms with van der Waals surface area (Å²) in [6, 6.07) is 0. The molecule has 2 heterocycles. The lowest BCUT2D eigenvalue weighted by atomic mass is 10.1. The quantitative estimate of drug-likeness (QED) is 0.695. The summed E-state index contributed by atoms with van der Waals surface area (Å²) in [6.07, 6.45) is 6.08. The summed E-state index contributed by atoms with van der Waals surface area (Å²) in [5, 5.41) is 3.22. The first-order chi connectivity index (χ1) is 7.43. The van der Waals surface area contributed by atoms with E-state index in [9.17, 15) is 0 Å². The molecule has 3 aliphatic rings. The highest BCUT2D eigenvalue weighted by Gasteiger charge is 2.28. The Morgan fingerprint density at radius 2 is 2.47 bits per heavy atom. The Hall–Kier alpha value is -1.45. The van der Waals surface area contributed by atoms with Gasteiger partial charge in [0.25, 0.3) is 0 Å². The zero-order valence-corrected chi connectivity index (χ0v) is 8.53. The maximum atomic E-state index is 5.85. The molecule has 0 saturated heterocycles. The number of amidine groups is 1. The highest BCUT2D eigenvalue weighted by Crippen LogP contribution is 2.26. The molecule has 4 nitrogen and oxygen atoms in total. The van der Waals surface area contributed by atoms with Crippen molar-refractivity contribution in [2.75, 3.05) is 19.7 Å². The van der Waals surface area contributed by atoms with Crippen molar-refractivity contribution in [3.8, 4) is 0 Å². The number of aliphatic imine (C=N–C) groups is 1. The second-order valence-electron chi connectivity index (χ2n) is 3.84. The van der Waals surface area contributed by atoms with Crippen LogP contribution in [0.15, 0.2) is 28.7 Å². The minimum Gasteiger partial charge on any atom is -0.490 e. The average Bonchev–Trinajstić information content (AvgIpc) is 2.82. The van der Waals surface area contributed by atoms with E-state index >= 15 is 0 Å². The SMILES string of the molecule is C1=CC2=C(CC1)OCC(C1=NCCN1)O2. The van der Waals surface area contributed by atoms with Crippen molar-refractivity contribution < 1.29 is 9.47 Å². The molecule has 0 aromatic heterocycles. The maximum Gasteiger partial charge on any atom is 0.189 e. The van der Waals surface area contributed by atoms with Crippen LogP contribution in [0.1, 0.15) is 12.8 Å². The summed E-state index contributed by atoms with van der Waals surface area (Å²) < 4.78 is 11.5. The molecule has 1 aliphatic carbocycles.